The van der Waals surface area contributed by atoms with Gasteiger partial charge in [0.2, 0.25) is 0 Å². The van der Waals surface area contributed by atoms with Crippen molar-refractivity contribution in [2.24, 2.45) is 0 Å². The number of benzene rings is 1. The topological polar surface area (TPSA) is 37.8 Å². The smallest absolute Gasteiger partial charge is 0.0762 e. The molecule has 1 aliphatic carbocycles. The van der Waals surface area contributed by atoms with Gasteiger partial charge in [-0.1, -0.05) is 31.2 Å². The zero-order valence-electron chi connectivity index (χ0n) is 12.6. The normalized spacial score (nSPS) is 19.0. The molecule has 3 nitrogen and oxygen atoms in total. The van der Waals surface area contributed by atoms with Crippen LogP contribution < -0.4 is 5.32 Å². The van der Waals surface area contributed by atoms with Crippen molar-refractivity contribution >= 4 is 0 Å². The molecule has 2 unspecified atom stereocenters. The Hall–Kier alpha value is -1.74. The van der Waals surface area contributed by atoms with E-state index in [0.29, 0.717) is 5.92 Å². The van der Waals surface area contributed by atoms with Crippen molar-refractivity contribution in [3.63, 3.8) is 0 Å². The Morgan fingerprint density at radius 3 is 3.00 bits per heavy atom. The van der Waals surface area contributed by atoms with Crippen molar-refractivity contribution < 1.29 is 0 Å². The van der Waals surface area contributed by atoms with Crippen LogP contribution in [0.1, 0.15) is 55.0 Å². The van der Waals surface area contributed by atoms with Gasteiger partial charge in [-0.15, -0.1) is 0 Å². The second-order valence-corrected chi connectivity index (χ2v) is 5.76. The number of nitrogens with zero attached hydrogens (tertiary/aromatic N) is 2. The molecular formula is C18H23N3. The van der Waals surface area contributed by atoms with E-state index in [-0.39, 0.29) is 6.04 Å². The molecule has 0 bridgehead atoms. The van der Waals surface area contributed by atoms with Crippen molar-refractivity contribution in [1.82, 2.24) is 15.3 Å². The Balaban J connectivity index is 1.94. The molecule has 0 amide bonds. The number of nitrogens with one attached hydrogen (secondary N) is 1. The van der Waals surface area contributed by atoms with Crippen LogP contribution in [0.5, 0.6) is 0 Å². The van der Waals surface area contributed by atoms with Crippen molar-refractivity contribution in [3.05, 3.63) is 59.7 Å². The molecule has 0 spiro atoms. The molecule has 0 fully saturated rings. The van der Waals surface area contributed by atoms with Gasteiger partial charge in [-0.3, -0.25) is 9.97 Å². The molecule has 1 aromatic heterocycles. The molecule has 21 heavy (non-hydrogen) atoms. The zero-order chi connectivity index (χ0) is 14.5. The molecule has 110 valence electrons. The first-order valence-electron chi connectivity index (χ1n) is 7.97. The van der Waals surface area contributed by atoms with Crippen molar-refractivity contribution in [2.75, 3.05) is 6.54 Å². The second-order valence-electron chi connectivity index (χ2n) is 5.76. The summed E-state index contributed by atoms with van der Waals surface area (Å²) in [5.41, 5.74) is 4.05. The molecule has 1 aliphatic rings. The summed E-state index contributed by atoms with van der Waals surface area (Å²) in [4.78, 5) is 8.82. The van der Waals surface area contributed by atoms with Gasteiger partial charge >= 0.3 is 0 Å². The Morgan fingerprint density at radius 2 is 2.19 bits per heavy atom. The maximum Gasteiger partial charge on any atom is 0.0762 e. The molecule has 1 heterocycles. The minimum absolute atomic E-state index is 0.264. The lowest BCUT2D eigenvalue weighted by Gasteiger charge is -2.32. The van der Waals surface area contributed by atoms with Crippen LogP contribution in [-0.2, 0) is 6.42 Å². The van der Waals surface area contributed by atoms with Crippen molar-refractivity contribution in [1.29, 1.82) is 0 Å². The van der Waals surface area contributed by atoms with Crippen LogP contribution in [0, 0.1) is 0 Å². The number of hydrogen-bond donors (Lipinski definition) is 1. The third kappa shape index (κ3) is 3.13. The largest absolute Gasteiger partial charge is 0.308 e. The lowest BCUT2D eigenvalue weighted by atomic mass is 9.78. The molecule has 0 radical (unpaired) electrons. The second kappa shape index (κ2) is 6.81. The highest BCUT2D eigenvalue weighted by molar-refractivity contribution is 5.34. The van der Waals surface area contributed by atoms with Gasteiger partial charge in [0.25, 0.3) is 0 Å². The van der Waals surface area contributed by atoms with Gasteiger partial charge in [-0.2, -0.15) is 0 Å². The summed E-state index contributed by atoms with van der Waals surface area (Å²) < 4.78 is 0. The molecule has 1 N–H and O–H groups in total. The first-order chi connectivity index (χ1) is 10.4. The highest BCUT2D eigenvalue weighted by Crippen LogP contribution is 2.39. The predicted molar refractivity (Wildman–Crippen MR) is 85.2 cm³/mol. The maximum atomic E-state index is 4.56. The van der Waals surface area contributed by atoms with Gasteiger partial charge in [0.1, 0.15) is 0 Å². The van der Waals surface area contributed by atoms with E-state index >= 15 is 0 Å². The van der Waals surface area contributed by atoms with Crippen LogP contribution in [0.15, 0.2) is 42.9 Å². The number of aromatic nitrogens is 2. The predicted octanol–water partition coefficient (Wildman–Crippen LogP) is 3.64. The van der Waals surface area contributed by atoms with Gasteiger partial charge in [-0.25, -0.2) is 0 Å². The molecule has 2 aromatic rings. The summed E-state index contributed by atoms with van der Waals surface area (Å²) in [6.07, 6.45) is 10.3. The fourth-order valence-corrected chi connectivity index (χ4v) is 3.36. The number of rotatable bonds is 5. The van der Waals surface area contributed by atoms with Gasteiger partial charge in [0, 0.05) is 24.5 Å². The Bertz CT molecular complexity index is 568. The van der Waals surface area contributed by atoms with Crippen LogP contribution in [0.2, 0.25) is 0 Å². The Kier molecular flexibility index (Phi) is 4.61. The summed E-state index contributed by atoms with van der Waals surface area (Å²) in [5.74, 6) is 0.498. The van der Waals surface area contributed by atoms with Crippen LogP contribution in [0.3, 0.4) is 0 Å². The first kappa shape index (κ1) is 14.2. The first-order valence-corrected chi connectivity index (χ1v) is 7.97. The number of fused-ring (bicyclic) bond motifs is 1. The van der Waals surface area contributed by atoms with E-state index in [1.807, 2.05) is 6.20 Å². The molecular weight excluding hydrogens is 258 g/mol. The van der Waals surface area contributed by atoms with Gasteiger partial charge in [0.15, 0.2) is 0 Å². The quantitative estimate of drug-likeness (QED) is 0.909. The van der Waals surface area contributed by atoms with E-state index in [0.717, 1.165) is 18.7 Å². The number of aryl methyl sites for hydroxylation is 1. The fourth-order valence-electron chi connectivity index (χ4n) is 3.36. The maximum absolute atomic E-state index is 4.56. The monoisotopic (exact) mass is 281 g/mol. The Labute approximate surface area is 126 Å². The van der Waals surface area contributed by atoms with E-state index < -0.39 is 0 Å². The highest BCUT2D eigenvalue weighted by Gasteiger charge is 2.29. The van der Waals surface area contributed by atoms with Crippen LogP contribution in [-0.4, -0.2) is 16.5 Å². The van der Waals surface area contributed by atoms with E-state index in [2.05, 4.69) is 46.5 Å². The van der Waals surface area contributed by atoms with Gasteiger partial charge in [-0.05, 0) is 43.4 Å². The van der Waals surface area contributed by atoms with Crippen LogP contribution in [0.25, 0.3) is 0 Å². The third-order valence-corrected chi connectivity index (χ3v) is 4.33. The SMILES string of the molecule is CCCNC(c1cnccn1)C1CCCc2ccccc21. The van der Waals surface area contributed by atoms with E-state index in [1.54, 1.807) is 12.4 Å². The summed E-state index contributed by atoms with van der Waals surface area (Å²) in [5, 5.41) is 3.69. The van der Waals surface area contributed by atoms with E-state index in [1.165, 1.54) is 30.4 Å². The van der Waals surface area contributed by atoms with E-state index in [4.69, 9.17) is 0 Å². The summed E-state index contributed by atoms with van der Waals surface area (Å²) in [6.45, 7) is 3.22. The average Bonchev–Trinajstić information content (AvgIpc) is 2.56. The van der Waals surface area contributed by atoms with E-state index in [9.17, 15) is 0 Å². The van der Waals surface area contributed by atoms with Crippen molar-refractivity contribution in [3.8, 4) is 0 Å². The molecule has 1 aromatic carbocycles. The van der Waals surface area contributed by atoms with Gasteiger partial charge in [0.05, 0.1) is 11.7 Å². The van der Waals surface area contributed by atoms with Gasteiger partial charge < -0.3 is 5.32 Å². The minimum atomic E-state index is 0.264. The van der Waals surface area contributed by atoms with Crippen LogP contribution >= 0.6 is 0 Å². The third-order valence-electron chi connectivity index (χ3n) is 4.33. The average molecular weight is 281 g/mol. The summed E-state index contributed by atoms with van der Waals surface area (Å²) in [6, 6.07) is 9.13. The zero-order valence-corrected chi connectivity index (χ0v) is 12.6. The van der Waals surface area contributed by atoms with Crippen molar-refractivity contribution in [2.45, 2.75) is 44.6 Å². The molecule has 0 aliphatic heterocycles. The molecule has 2 atom stereocenters. The minimum Gasteiger partial charge on any atom is -0.308 e. The summed E-state index contributed by atoms with van der Waals surface area (Å²) >= 11 is 0. The standard InChI is InChI=1S/C18H23N3/c1-2-10-21-18(17-13-19-11-12-20-17)16-9-5-7-14-6-3-4-8-15(14)16/h3-4,6,8,11-13,16,18,21H,2,5,7,9-10H2,1H3. The molecule has 3 heteroatoms. The van der Waals surface area contributed by atoms with Crippen LogP contribution in [0.4, 0.5) is 0 Å². The molecule has 3 rings (SSSR count). The molecule has 0 saturated heterocycles. The number of hydrogen-bond acceptors (Lipinski definition) is 3. The highest BCUT2D eigenvalue weighted by atomic mass is 15.0. The fraction of sp³-hybridized carbons (Fsp3) is 0.444. The lowest BCUT2D eigenvalue weighted by molar-refractivity contribution is 0.394. The lowest BCUT2D eigenvalue weighted by Crippen LogP contribution is -2.30. The summed E-state index contributed by atoms with van der Waals surface area (Å²) in [7, 11) is 0. The molecule has 0 saturated carbocycles. The Morgan fingerprint density at radius 1 is 1.29 bits per heavy atom.